The topological polar surface area (TPSA) is 112 Å². The molecule has 0 aromatic carbocycles. The molecule has 0 spiro atoms. The molecule has 0 aromatic rings. The molecule has 4 amide bonds. The Labute approximate surface area is 75.0 Å². The third-order valence-corrected chi connectivity index (χ3v) is 2.18. The molecule has 7 nitrogen and oxygen atoms in total. The van der Waals surface area contributed by atoms with Crippen LogP contribution in [0.25, 0.3) is 0 Å². The van der Waals surface area contributed by atoms with Crippen LogP contribution in [0, 0.1) is 5.21 Å². The quantitative estimate of drug-likeness (QED) is 0.366. The van der Waals surface area contributed by atoms with Gasteiger partial charge in [0.05, 0.1) is 13.1 Å². The van der Waals surface area contributed by atoms with Crippen molar-refractivity contribution in [1.82, 2.24) is 4.90 Å². The van der Waals surface area contributed by atoms with E-state index in [1.54, 1.807) is 0 Å². The molecule has 0 bridgehead atoms. The lowest BCUT2D eigenvalue weighted by Crippen LogP contribution is -2.62. The predicted octanol–water partition coefficient (Wildman–Crippen LogP) is -1.23. The van der Waals surface area contributed by atoms with Gasteiger partial charge in [-0.2, -0.15) is 0 Å². The number of amides is 4. The lowest BCUT2D eigenvalue weighted by molar-refractivity contribution is -0.803. The van der Waals surface area contributed by atoms with Gasteiger partial charge < -0.3 is 21.6 Å². The molecule has 7 heteroatoms. The van der Waals surface area contributed by atoms with E-state index in [0.29, 0.717) is 0 Å². The Morgan fingerprint density at radius 1 is 1.23 bits per heavy atom. The van der Waals surface area contributed by atoms with Crippen LogP contribution < -0.4 is 11.5 Å². The largest absolute Gasteiger partial charge is 0.624 e. The smallest absolute Gasteiger partial charge is 0.414 e. The summed E-state index contributed by atoms with van der Waals surface area (Å²) in [4.78, 5) is 22.7. The zero-order valence-corrected chi connectivity index (χ0v) is 7.10. The van der Waals surface area contributed by atoms with Gasteiger partial charge in [-0.25, -0.2) is 9.59 Å². The molecular weight excluding hydrogens is 176 g/mol. The molecule has 4 N–H and O–H groups in total. The Balaban J connectivity index is 2.56. The molecule has 1 aliphatic rings. The van der Waals surface area contributed by atoms with Gasteiger partial charge in [-0.15, -0.1) is 0 Å². The maximum Gasteiger partial charge on any atom is 0.414 e. The number of hydroxylamine groups is 3. The maximum atomic E-state index is 11.5. The number of piperazine rings is 1. The van der Waals surface area contributed by atoms with Crippen molar-refractivity contribution in [2.45, 2.75) is 0 Å². The first-order valence-electron chi connectivity index (χ1n) is 3.88. The lowest BCUT2D eigenvalue weighted by atomic mass is 10.3. The number of quaternary nitrogens is 1. The van der Waals surface area contributed by atoms with E-state index in [2.05, 4.69) is 0 Å². The molecule has 0 radical (unpaired) electrons. The highest BCUT2D eigenvalue weighted by atomic mass is 16.6. The van der Waals surface area contributed by atoms with Crippen molar-refractivity contribution in [3.05, 3.63) is 5.21 Å². The first kappa shape index (κ1) is 9.75. The molecule has 1 heterocycles. The second kappa shape index (κ2) is 3.19. The Morgan fingerprint density at radius 2 is 1.69 bits per heavy atom. The average Bonchev–Trinajstić information content (AvgIpc) is 2.04. The number of nitrogens with two attached hydrogens (primary N) is 2. The predicted molar refractivity (Wildman–Crippen MR) is 44.1 cm³/mol. The maximum absolute atomic E-state index is 11.5. The Morgan fingerprint density at radius 3 is 2.00 bits per heavy atom. The van der Waals surface area contributed by atoms with Crippen LogP contribution >= 0.6 is 0 Å². The minimum Gasteiger partial charge on any atom is -0.624 e. The third kappa shape index (κ3) is 1.87. The van der Waals surface area contributed by atoms with Crippen molar-refractivity contribution in [1.29, 1.82) is 0 Å². The van der Waals surface area contributed by atoms with Gasteiger partial charge in [-0.1, -0.05) is 0 Å². The van der Waals surface area contributed by atoms with Gasteiger partial charge in [0.25, 0.3) is 0 Å². The van der Waals surface area contributed by atoms with Gasteiger partial charge in [0.2, 0.25) is 0 Å². The molecule has 13 heavy (non-hydrogen) atoms. The van der Waals surface area contributed by atoms with Crippen LogP contribution in [0.15, 0.2) is 0 Å². The molecule has 74 valence electrons. The van der Waals surface area contributed by atoms with Gasteiger partial charge in [0.1, 0.15) is 13.1 Å². The molecule has 1 rings (SSSR count). The Kier molecular flexibility index (Phi) is 2.39. The fraction of sp³-hybridized carbons (Fsp3) is 0.667. The number of primary amides is 2. The van der Waals surface area contributed by atoms with Crippen LogP contribution in [0.3, 0.4) is 0 Å². The number of nitrogens with zero attached hydrogens (tertiary/aromatic N) is 2. The molecule has 0 saturated carbocycles. The second-order valence-electron chi connectivity index (χ2n) is 3.00. The highest BCUT2D eigenvalue weighted by Crippen LogP contribution is 2.10. The Bertz CT molecular complexity index is 234. The lowest BCUT2D eigenvalue weighted by Gasteiger charge is -2.43. The van der Waals surface area contributed by atoms with Gasteiger partial charge in [-0.05, 0) is 0 Å². The van der Waals surface area contributed by atoms with Crippen LogP contribution in [0.5, 0.6) is 0 Å². The Hall–Kier alpha value is -1.34. The number of hydrogen-bond donors (Lipinski definition) is 2. The molecule has 1 saturated heterocycles. The molecular formula is C6H12N4O3. The zero-order chi connectivity index (χ0) is 10.1. The summed E-state index contributed by atoms with van der Waals surface area (Å²) >= 11 is 0. The summed E-state index contributed by atoms with van der Waals surface area (Å²) in [5.74, 6) is 0. The van der Waals surface area contributed by atoms with Crippen molar-refractivity contribution in [3.63, 3.8) is 0 Å². The molecule has 0 unspecified atom stereocenters. The van der Waals surface area contributed by atoms with Crippen molar-refractivity contribution in [3.8, 4) is 0 Å². The fourth-order valence-electron chi connectivity index (χ4n) is 1.23. The van der Waals surface area contributed by atoms with Gasteiger partial charge in [0.15, 0.2) is 0 Å². The van der Waals surface area contributed by atoms with E-state index in [9.17, 15) is 14.8 Å². The van der Waals surface area contributed by atoms with Crippen LogP contribution in [0.4, 0.5) is 9.59 Å². The van der Waals surface area contributed by atoms with Crippen molar-refractivity contribution in [2.24, 2.45) is 11.5 Å². The standard InChI is InChI=1S/C6H12N4O3/c7-5(11)9-1-3-10(13,4-2-9)6(8)12/h1-4H2,(H2,7,11)(H2,8,12). The highest BCUT2D eigenvalue weighted by molar-refractivity contribution is 5.72. The van der Waals surface area contributed by atoms with E-state index in [-0.39, 0.29) is 26.2 Å². The van der Waals surface area contributed by atoms with Gasteiger partial charge in [-0.3, -0.25) is 4.65 Å². The summed E-state index contributed by atoms with van der Waals surface area (Å²) in [5, 5.41) is 11.5. The average molecular weight is 188 g/mol. The molecule has 0 aromatic heterocycles. The summed E-state index contributed by atoms with van der Waals surface area (Å²) in [5.41, 5.74) is 9.90. The van der Waals surface area contributed by atoms with E-state index in [1.807, 2.05) is 0 Å². The molecule has 0 atom stereocenters. The van der Waals surface area contributed by atoms with E-state index in [0.717, 1.165) is 0 Å². The first-order chi connectivity index (χ1) is 5.96. The van der Waals surface area contributed by atoms with Crippen LogP contribution in [-0.2, 0) is 0 Å². The van der Waals surface area contributed by atoms with Crippen LogP contribution in [-0.4, -0.2) is 47.8 Å². The monoisotopic (exact) mass is 188 g/mol. The van der Waals surface area contributed by atoms with E-state index < -0.39 is 16.7 Å². The number of urea groups is 2. The summed E-state index contributed by atoms with van der Waals surface area (Å²) < 4.78 is -1.07. The number of carbonyl (C=O) groups excluding carboxylic acids is 2. The number of hydrogen-bond acceptors (Lipinski definition) is 3. The van der Waals surface area contributed by atoms with Crippen LogP contribution in [0.2, 0.25) is 0 Å². The van der Waals surface area contributed by atoms with Gasteiger partial charge in [0, 0.05) is 0 Å². The van der Waals surface area contributed by atoms with Crippen molar-refractivity contribution < 1.29 is 14.2 Å². The second-order valence-corrected chi connectivity index (χ2v) is 3.00. The fourth-order valence-corrected chi connectivity index (χ4v) is 1.23. The van der Waals surface area contributed by atoms with E-state index >= 15 is 0 Å². The highest BCUT2D eigenvalue weighted by Gasteiger charge is 2.31. The van der Waals surface area contributed by atoms with Crippen LogP contribution in [0.1, 0.15) is 0 Å². The SMILES string of the molecule is NC(=O)N1CC[N+]([O-])(C(N)=O)CC1. The number of carbonyl (C=O) groups is 2. The van der Waals surface area contributed by atoms with E-state index in [1.165, 1.54) is 4.90 Å². The first-order valence-corrected chi connectivity index (χ1v) is 3.88. The molecule has 0 aliphatic carbocycles. The molecule has 1 fully saturated rings. The van der Waals surface area contributed by atoms with Crippen molar-refractivity contribution >= 4 is 12.1 Å². The molecule has 1 aliphatic heterocycles. The summed E-state index contributed by atoms with van der Waals surface area (Å²) in [6, 6.07) is -1.49. The zero-order valence-electron chi connectivity index (χ0n) is 7.10. The van der Waals surface area contributed by atoms with Crippen molar-refractivity contribution in [2.75, 3.05) is 26.2 Å². The summed E-state index contributed by atoms with van der Waals surface area (Å²) in [7, 11) is 0. The summed E-state index contributed by atoms with van der Waals surface area (Å²) in [6.07, 6.45) is 0. The minimum absolute atomic E-state index is 0.0156. The summed E-state index contributed by atoms with van der Waals surface area (Å²) in [6.45, 7) is 0.333. The normalized spacial score (nSPS) is 21.2. The number of rotatable bonds is 0. The van der Waals surface area contributed by atoms with E-state index in [4.69, 9.17) is 11.5 Å². The van der Waals surface area contributed by atoms with Gasteiger partial charge >= 0.3 is 12.1 Å². The minimum atomic E-state index is -1.07. The third-order valence-electron chi connectivity index (χ3n) is 2.18.